The summed E-state index contributed by atoms with van der Waals surface area (Å²) >= 11 is 6.15. The van der Waals surface area contributed by atoms with Crippen molar-refractivity contribution in [3.63, 3.8) is 0 Å². The summed E-state index contributed by atoms with van der Waals surface area (Å²) in [6.45, 7) is 0. The van der Waals surface area contributed by atoms with E-state index in [1.165, 1.54) is 61.7 Å². The van der Waals surface area contributed by atoms with Crippen molar-refractivity contribution >= 4 is 87.1 Å². The molecule has 6 aromatic rings. The van der Waals surface area contributed by atoms with Gasteiger partial charge in [-0.25, -0.2) is 4.90 Å². The number of hydrogen-bond acceptors (Lipinski definition) is 10. The Kier molecular flexibility index (Phi) is 9.49. The summed E-state index contributed by atoms with van der Waals surface area (Å²) in [5.74, 6) is -3.61. The van der Waals surface area contributed by atoms with Crippen molar-refractivity contribution in [1.29, 1.82) is 0 Å². The number of carbonyl (C=O) groups is 7. The molecule has 0 bridgehead atoms. The normalized spacial score (nSPS) is 14.5. The summed E-state index contributed by atoms with van der Waals surface area (Å²) in [4.78, 5) is 95.4. The van der Waals surface area contributed by atoms with Gasteiger partial charge in [-0.2, -0.15) is 5.10 Å². The van der Waals surface area contributed by atoms with Gasteiger partial charge in [0.15, 0.2) is 11.6 Å². The van der Waals surface area contributed by atoms with E-state index < -0.39 is 29.4 Å². The standard InChI is InChI=1S/C47H28ClN5O8/c1-61-38-20-14-26(48)23-37(38)53-46(59)32-19-13-25(22-34(32)47(53)60)44(57)49-27-15-17-28(18-16-27)50-45(58)35-21-24-7-2-3-8-29(24)40(43(35)56)52-51-36-12-6-11-33-39(36)42(55)31-10-5-4-9-30(31)41(33)54/h2-23,51H,1H3,(H,49,57)(H,50,58)/b52-40-. The number of ether oxygens (including phenoxy) is 1. The van der Waals surface area contributed by atoms with Gasteiger partial charge in [0.25, 0.3) is 23.6 Å². The maximum Gasteiger partial charge on any atom is 0.266 e. The van der Waals surface area contributed by atoms with Crippen LogP contribution in [0.3, 0.4) is 0 Å². The van der Waals surface area contributed by atoms with Crippen LogP contribution >= 0.6 is 11.6 Å². The van der Waals surface area contributed by atoms with Gasteiger partial charge in [-0.3, -0.25) is 39.0 Å². The number of nitrogens with zero attached hydrogens (tertiary/aromatic N) is 2. The van der Waals surface area contributed by atoms with Crippen LogP contribution in [0.5, 0.6) is 5.75 Å². The lowest BCUT2D eigenvalue weighted by Crippen LogP contribution is -2.30. The second-order valence-corrected chi connectivity index (χ2v) is 14.4. The fraction of sp³-hybridized carbons (Fsp3) is 0.0213. The molecule has 296 valence electrons. The SMILES string of the molecule is COc1ccc(Cl)cc1N1C(=O)c2ccc(C(=O)Nc3ccc(NC(=O)C4=Cc5ccccc5/C(=N/Nc5cccc6c5C(=O)c5ccccc5C6=O)C4=O)cc3)cc2C1=O. The Morgan fingerprint density at radius 3 is 1.97 bits per heavy atom. The molecule has 0 spiro atoms. The summed E-state index contributed by atoms with van der Waals surface area (Å²) in [7, 11) is 1.40. The molecule has 3 N–H and O–H groups in total. The zero-order valence-electron chi connectivity index (χ0n) is 31.7. The van der Waals surface area contributed by atoms with E-state index in [1.807, 2.05) is 0 Å². The average molecular weight is 826 g/mol. The van der Waals surface area contributed by atoms with E-state index in [4.69, 9.17) is 16.3 Å². The molecule has 0 atom stereocenters. The fourth-order valence-electron chi connectivity index (χ4n) is 7.42. The second-order valence-electron chi connectivity index (χ2n) is 14.0. The number of halogens is 1. The molecule has 61 heavy (non-hydrogen) atoms. The van der Waals surface area contributed by atoms with E-state index in [-0.39, 0.29) is 73.4 Å². The van der Waals surface area contributed by atoms with Gasteiger partial charge in [-0.1, -0.05) is 72.3 Å². The first-order valence-electron chi connectivity index (χ1n) is 18.6. The molecule has 6 aromatic carbocycles. The molecule has 4 amide bonds. The fourth-order valence-corrected chi connectivity index (χ4v) is 7.59. The number of rotatable bonds is 8. The van der Waals surface area contributed by atoms with Gasteiger partial charge < -0.3 is 15.4 Å². The number of methoxy groups -OCH3 is 1. The monoisotopic (exact) mass is 825 g/mol. The number of imide groups is 1. The van der Waals surface area contributed by atoms with Gasteiger partial charge in [-0.15, -0.1) is 0 Å². The number of Topliss-reactive ketones (excluding diaryl/α,β-unsaturated/α-hetero) is 1. The Balaban J connectivity index is 0.900. The van der Waals surface area contributed by atoms with E-state index in [0.29, 0.717) is 33.1 Å². The number of hydrogen-bond donors (Lipinski definition) is 3. The lowest BCUT2D eigenvalue weighted by atomic mass is 9.83. The first-order valence-corrected chi connectivity index (χ1v) is 19.0. The number of amides is 4. The highest BCUT2D eigenvalue weighted by Gasteiger charge is 2.39. The Hall–Kier alpha value is -8.29. The van der Waals surface area contributed by atoms with Crippen LogP contribution in [0.25, 0.3) is 6.08 Å². The quantitative estimate of drug-likeness (QED) is 0.0790. The van der Waals surface area contributed by atoms with Crippen LogP contribution in [0.4, 0.5) is 22.7 Å². The zero-order chi connectivity index (χ0) is 42.5. The lowest BCUT2D eigenvalue weighted by Gasteiger charge is -2.20. The van der Waals surface area contributed by atoms with Crippen molar-refractivity contribution in [2.75, 3.05) is 28.1 Å². The van der Waals surface area contributed by atoms with E-state index in [1.54, 1.807) is 78.9 Å². The zero-order valence-corrected chi connectivity index (χ0v) is 32.5. The van der Waals surface area contributed by atoms with Crippen LogP contribution in [0, 0.1) is 0 Å². The highest BCUT2D eigenvalue weighted by molar-refractivity contribution is 6.59. The van der Waals surface area contributed by atoms with Gasteiger partial charge in [0.2, 0.25) is 5.78 Å². The maximum absolute atomic E-state index is 13.9. The molecular weight excluding hydrogens is 798 g/mol. The predicted molar refractivity (Wildman–Crippen MR) is 228 cm³/mol. The van der Waals surface area contributed by atoms with E-state index in [2.05, 4.69) is 21.2 Å². The number of hydrazone groups is 1. The van der Waals surface area contributed by atoms with Crippen LogP contribution in [0.1, 0.15) is 74.0 Å². The molecule has 0 saturated carbocycles. The van der Waals surface area contributed by atoms with Crippen molar-refractivity contribution < 1.29 is 38.3 Å². The highest BCUT2D eigenvalue weighted by atomic mass is 35.5. The largest absolute Gasteiger partial charge is 0.495 e. The summed E-state index contributed by atoms with van der Waals surface area (Å²) in [5, 5.41) is 10.2. The molecule has 1 heterocycles. The first-order chi connectivity index (χ1) is 29.5. The third-order valence-electron chi connectivity index (χ3n) is 10.4. The number of ketones is 3. The van der Waals surface area contributed by atoms with Gasteiger partial charge >= 0.3 is 0 Å². The van der Waals surface area contributed by atoms with E-state index in [0.717, 1.165) is 4.90 Å². The van der Waals surface area contributed by atoms with Gasteiger partial charge in [0.1, 0.15) is 11.5 Å². The summed E-state index contributed by atoms with van der Waals surface area (Å²) in [6.07, 6.45) is 1.46. The van der Waals surface area contributed by atoms with E-state index in [9.17, 15) is 33.6 Å². The lowest BCUT2D eigenvalue weighted by molar-refractivity contribution is -0.116. The molecule has 2 aliphatic carbocycles. The second kappa shape index (κ2) is 15.1. The Morgan fingerprint density at radius 2 is 1.25 bits per heavy atom. The number of anilines is 4. The molecule has 0 saturated heterocycles. The minimum Gasteiger partial charge on any atom is -0.495 e. The molecule has 14 heteroatoms. The molecule has 3 aliphatic rings. The summed E-state index contributed by atoms with van der Waals surface area (Å²) in [6, 6.07) is 33.1. The van der Waals surface area contributed by atoms with Crippen molar-refractivity contribution in [2.24, 2.45) is 5.10 Å². The van der Waals surface area contributed by atoms with Crippen LogP contribution < -0.4 is 25.7 Å². The summed E-state index contributed by atoms with van der Waals surface area (Å²) < 4.78 is 5.34. The Bertz CT molecular complexity index is 3050. The van der Waals surface area contributed by atoms with Crippen molar-refractivity contribution in [2.45, 2.75) is 0 Å². The molecule has 1 aliphatic heterocycles. The topological polar surface area (TPSA) is 180 Å². The van der Waals surface area contributed by atoms with Gasteiger partial charge in [0.05, 0.1) is 40.7 Å². The minimum atomic E-state index is -0.722. The molecule has 0 unspecified atom stereocenters. The molecular formula is C47H28ClN5O8. The first kappa shape index (κ1) is 38.2. The predicted octanol–water partition coefficient (Wildman–Crippen LogP) is 7.60. The third-order valence-corrected chi connectivity index (χ3v) is 10.6. The smallest absolute Gasteiger partial charge is 0.266 e. The summed E-state index contributed by atoms with van der Waals surface area (Å²) in [5.41, 5.74) is 5.76. The Labute approximate surface area is 351 Å². The minimum absolute atomic E-state index is 0.0349. The van der Waals surface area contributed by atoms with Gasteiger partial charge in [-0.05, 0) is 78.4 Å². The highest BCUT2D eigenvalue weighted by Crippen LogP contribution is 2.37. The average Bonchev–Trinajstić information content (AvgIpc) is 3.53. The third kappa shape index (κ3) is 6.64. The number of benzene rings is 6. The van der Waals surface area contributed by atoms with Crippen LogP contribution in [0.15, 0.2) is 138 Å². The molecule has 13 nitrogen and oxygen atoms in total. The molecule has 0 aromatic heterocycles. The maximum atomic E-state index is 13.9. The van der Waals surface area contributed by atoms with E-state index >= 15 is 0 Å². The van der Waals surface area contributed by atoms with Crippen molar-refractivity contribution in [1.82, 2.24) is 0 Å². The van der Waals surface area contributed by atoms with Crippen molar-refractivity contribution in [3.8, 4) is 5.75 Å². The molecule has 9 rings (SSSR count). The molecule has 0 fully saturated rings. The van der Waals surface area contributed by atoms with Crippen molar-refractivity contribution in [3.05, 3.63) is 188 Å². The van der Waals surface area contributed by atoms with Crippen LogP contribution in [-0.2, 0) is 9.59 Å². The number of fused-ring (bicyclic) bond motifs is 4. The Morgan fingerprint density at radius 1 is 0.607 bits per heavy atom. The molecule has 0 radical (unpaired) electrons. The number of nitrogens with one attached hydrogen (secondary N) is 3. The van der Waals surface area contributed by atoms with Crippen LogP contribution in [0.2, 0.25) is 5.02 Å². The number of carbonyl (C=O) groups excluding carboxylic acids is 7. The van der Waals surface area contributed by atoms with Crippen LogP contribution in [-0.4, -0.2) is 53.8 Å². The van der Waals surface area contributed by atoms with Gasteiger partial charge in [0, 0.05) is 44.2 Å².